The molecule has 2 aromatic heterocycles. The Labute approximate surface area is 145 Å². The van der Waals surface area contributed by atoms with Crippen LogP contribution in [0.15, 0.2) is 94.0 Å². The molecule has 0 N–H and O–H groups in total. The molecule has 0 saturated heterocycles. The molecule has 24 heavy (non-hydrogen) atoms. The van der Waals surface area contributed by atoms with E-state index in [1.807, 2.05) is 54.9 Å². The van der Waals surface area contributed by atoms with E-state index in [1.54, 1.807) is 22.4 Å². The predicted molar refractivity (Wildman–Crippen MR) is 96.8 cm³/mol. The van der Waals surface area contributed by atoms with Crippen molar-refractivity contribution in [1.82, 2.24) is 0 Å². The van der Waals surface area contributed by atoms with E-state index >= 15 is 0 Å². The van der Waals surface area contributed by atoms with Gasteiger partial charge >= 0.3 is 146 Å². The van der Waals surface area contributed by atoms with E-state index in [4.69, 9.17) is 0 Å². The first-order valence-electron chi connectivity index (χ1n) is 7.59. The molecule has 0 radical (unpaired) electrons. The molecular weight excluding hydrogens is 354 g/mol. The van der Waals surface area contributed by atoms with Gasteiger partial charge in [0.25, 0.3) is 0 Å². The van der Waals surface area contributed by atoms with Crippen LogP contribution in [0.2, 0.25) is 0 Å². The van der Waals surface area contributed by atoms with E-state index in [0.29, 0.717) is 0 Å². The van der Waals surface area contributed by atoms with Gasteiger partial charge in [-0.3, -0.25) is 0 Å². The minimum absolute atomic E-state index is 1.08. The maximum atomic E-state index is 9.62. The van der Waals surface area contributed by atoms with Crippen LogP contribution in [0.25, 0.3) is 10.4 Å². The molecule has 0 bridgehead atoms. The third-order valence-corrected chi connectivity index (χ3v) is 22.2. The van der Waals surface area contributed by atoms with Crippen molar-refractivity contribution in [3.05, 3.63) is 89.6 Å². The van der Waals surface area contributed by atoms with Crippen LogP contribution in [-0.2, 0) is 0 Å². The van der Waals surface area contributed by atoms with Gasteiger partial charge in [-0.25, -0.2) is 0 Å². The fourth-order valence-corrected chi connectivity index (χ4v) is 22.2. The fourth-order valence-electron chi connectivity index (χ4n) is 4.05. The van der Waals surface area contributed by atoms with Gasteiger partial charge in [-0.1, -0.05) is 0 Å². The van der Waals surface area contributed by atoms with Crippen molar-refractivity contribution in [2.75, 3.05) is 0 Å². The molecule has 1 aromatic carbocycles. The summed E-state index contributed by atoms with van der Waals surface area (Å²) in [6.07, 6.45) is 4.10. The third-order valence-electron chi connectivity index (χ3n) is 5.04. The average molecular weight is 368 g/mol. The fraction of sp³-hybridized carbons (Fsp3) is 0. The summed E-state index contributed by atoms with van der Waals surface area (Å²) in [6.45, 7) is 0. The van der Waals surface area contributed by atoms with Crippen molar-refractivity contribution in [2.24, 2.45) is 4.78 Å². The standard InChI is InChI=1S/C16H13N5S2Si/c17-18-19-24(14-8-2-1-3-9-14,20-12-6-4-10-15(20)22-24)21-13-7-5-11-16(21)23-24/h1-13H. The molecule has 5 nitrogen and oxygen atoms in total. The minimum atomic E-state index is -4.27. The summed E-state index contributed by atoms with van der Waals surface area (Å²) in [7, 11) is 0. The van der Waals surface area contributed by atoms with Crippen molar-refractivity contribution in [1.29, 1.82) is 0 Å². The Bertz CT molecular complexity index is 1030. The molecule has 4 heterocycles. The van der Waals surface area contributed by atoms with Gasteiger partial charge < -0.3 is 0 Å². The van der Waals surface area contributed by atoms with Crippen molar-refractivity contribution in [3.63, 3.8) is 0 Å². The average Bonchev–Trinajstić information content (AvgIpc) is 2.60. The number of aromatic nitrogens is 2. The Morgan fingerprint density at radius 3 is 1.83 bits per heavy atom. The van der Waals surface area contributed by atoms with Gasteiger partial charge in [-0.05, 0) is 0 Å². The zero-order valence-electron chi connectivity index (χ0n) is 12.6. The van der Waals surface area contributed by atoms with E-state index in [1.165, 1.54) is 0 Å². The van der Waals surface area contributed by atoms with Gasteiger partial charge in [0.2, 0.25) is 0 Å². The monoisotopic (exact) mass is 367 g/mol. The van der Waals surface area contributed by atoms with Crippen LogP contribution < -0.4 is 13.7 Å². The van der Waals surface area contributed by atoms with Crippen LogP contribution in [-0.4, -0.2) is 5.41 Å². The molecule has 0 amide bonds. The van der Waals surface area contributed by atoms with Gasteiger partial charge in [0, 0.05) is 0 Å². The summed E-state index contributed by atoms with van der Waals surface area (Å²) < 4.78 is 9.13. The zero-order valence-corrected chi connectivity index (χ0v) is 15.2. The van der Waals surface area contributed by atoms with E-state index in [2.05, 4.69) is 42.4 Å². The summed E-state index contributed by atoms with van der Waals surface area (Å²) in [5.74, 6) is 0. The first-order valence-corrected chi connectivity index (χ1v) is 13.5. The van der Waals surface area contributed by atoms with Crippen LogP contribution in [0.5, 0.6) is 0 Å². The number of rotatable bonds is 2. The topological polar surface area (TPSA) is 56.5 Å². The summed E-state index contributed by atoms with van der Waals surface area (Å²) >= 11 is 3.45. The molecule has 0 aliphatic carbocycles. The molecule has 2 aliphatic rings. The predicted octanol–water partition coefficient (Wildman–Crippen LogP) is 2.93. The van der Waals surface area contributed by atoms with E-state index < -0.39 is 5.41 Å². The normalized spacial score (nSPS) is 22.7. The summed E-state index contributed by atoms with van der Waals surface area (Å²) in [5, 5.41) is 3.31. The number of pyridine rings is 2. The van der Waals surface area contributed by atoms with Gasteiger partial charge in [-0.2, -0.15) is 0 Å². The third kappa shape index (κ3) is 1.15. The molecule has 0 atom stereocenters. The molecular formula is C16H13N5S2Si. The van der Waals surface area contributed by atoms with Crippen molar-refractivity contribution < 1.29 is 8.47 Å². The number of hydrogen-bond acceptors (Lipinski definition) is 3. The van der Waals surface area contributed by atoms with E-state index in [9.17, 15) is 5.53 Å². The number of hydrogen-bond donors (Lipinski definition) is 0. The second kappa shape index (κ2) is 4.04. The van der Waals surface area contributed by atoms with Crippen molar-refractivity contribution >= 4 is 33.0 Å². The van der Waals surface area contributed by atoms with Gasteiger partial charge in [-0.15, -0.1) is 0 Å². The number of benzene rings is 1. The van der Waals surface area contributed by atoms with Crippen LogP contribution in [0.3, 0.4) is 0 Å². The second-order valence-electron chi connectivity index (χ2n) is 6.05. The molecule has 3 aromatic rings. The Morgan fingerprint density at radius 1 is 0.792 bits per heavy atom. The molecule has 1 spiro atoms. The Hall–Kier alpha value is -2.25. The van der Waals surface area contributed by atoms with Crippen LogP contribution in [0.4, 0.5) is 0 Å². The van der Waals surface area contributed by atoms with Crippen molar-refractivity contribution in [2.45, 2.75) is 10.1 Å². The van der Waals surface area contributed by atoms with Crippen LogP contribution in [0.1, 0.15) is 0 Å². The SMILES string of the molecule is [N-]=[N+]=N[Si-2]12(c3ccccc3)(Sc3cccc[n+]31)Sc1cccc[n+]12. The summed E-state index contributed by atoms with van der Waals surface area (Å²) in [5.41, 5.74) is 5.35. The first-order chi connectivity index (χ1) is 11.7. The molecule has 0 unspecified atom stereocenters. The Balaban J connectivity index is 2.05. The maximum absolute atomic E-state index is 9.62. The number of fused-ring (bicyclic) bond motifs is 4. The molecule has 8 heteroatoms. The summed E-state index contributed by atoms with van der Waals surface area (Å²) in [6, 6.07) is 22.4. The van der Waals surface area contributed by atoms with Gasteiger partial charge in [0.15, 0.2) is 0 Å². The molecule has 2 aliphatic heterocycles. The Kier molecular flexibility index (Phi) is 2.38. The molecule has 118 valence electrons. The number of azide groups is 1. The second-order valence-corrected chi connectivity index (χ2v) is 19.7. The summed E-state index contributed by atoms with van der Waals surface area (Å²) in [4.78, 5) is 3.38. The molecule has 0 fully saturated rings. The van der Waals surface area contributed by atoms with E-state index in [-0.39, 0.29) is 0 Å². The van der Waals surface area contributed by atoms with Gasteiger partial charge in [0.05, 0.1) is 0 Å². The zero-order chi connectivity index (χ0) is 16.3. The Morgan fingerprint density at radius 2 is 1.33 bits per heavy atom. The van der Waals surface area contributed by atoms with E-state index in [0.717, 1.165) is 15.2 Å². The molecule has 0 saturated carbocycles. The van der Waals surface area contributed by atoms with Crippen molar-refractivity contribution in [3.8, 4) is 0 Å². The molecule has 5 rings (SSSR count). The van der Waals surface area contributed by atoms with Crippen LogP contribution >= 0.6 is 22.4 Å². The van der Waals surface area contributed by atoms with Crippen LogP contribution in [0, 0.1) is 0 Å². The quantitative estimate of drug-likeness (QED) is 0.303. The number of nitrogens with zero attached hydrogens (tertiary/aromatic N) is 5. The first kappa shape index (κ1) is 14.1. The van der Waals surface area contributed by atoms with Gasteiger partial charge in [0.1, 0.15) is 0 Å².